The van der Waals surface area contributed by atoms with Crippen LogP contribution in [0.25, 0.3) is 5.69 Å². The number of para-hydroxylation sites is 1. The van der Waals surface area contributed by atoms with Crippen molar-refractivity contribution in [1.29, 1.82) is 0 Å². The average molecular weight is 483 g/mol. The van der Waals surface area contributed by atoms with Gasteiger partial charge in [0, 0.05) is 34.7 Å². The fourth-order valence-corrected chi connectivity index (χ4v) is 4.79. The van der Waals surface area contributed by atoms with Crippen molar-refractivity contribution in [3.63, 3.8) is 0 Å². The predicted molar refractivity (Wildman–Crippen MR) is 138 cm³/mol. The van der Waals surface area contributed by atoms with Crippen LogP contribution < -0.4 is 10.2 Å². The van der Waals surface area contributed by atoms with Gasteiger partial charge in [0.25, 0.3) is 5.91 Å². The number of anilines is 2. The van der Waals surface area contributed by atoms with Gasteiger partial charge in [-0.1, -0.05) is 24.3 Å². The summed E-state index contributed by atoms with van der Waals surface area (Å²) in [5.41, 5.74) is 6.46. The zero-order chi connectivity index (χ0) is 25.2. The fraction of sp³-hybridized carbons (Fsp3) is 0.207. The van der Waals surface area contributed by atoms with Gasteiger partial charge >= 0.3 is 0 Å². The van der Waals surface area contributed by atoms with E-state index in [1.165, 1.54) is 24.3 Å². The Kier molecular flexibility index (Phi) is 6.38. The highest BCUT2D eigenvalue weighted by atomic mass is 19.1. The van der Waals surface area contributed by atoms with E-state index in [0.717, 1.165) is 46.7 Å². The lowest BCUT2D eigenvalue weighted by atomic mass is 9.98. The molecule has 0 aliphatic carbocycles. The van der Waals surface area contributed by atoms with Crippen LogP contribution in [0.1, 0.15) is 39.3 Å². The summed E-state index contributed by atoms with van der Waals surface area (Å²) < 4.78 is 15.1. The molecule has 0 atom stereocenters. The molecule has 1 aliphatic heterocycles. The van der Waals surface area contributed by atoms with E-state index >= 15 is 0 Å². The molecular formula is C29H27FN4O2. The number of hydrogen-bond donors (Lipinski definition) is 1. The molecule has 1 N–H and O–H groups in total. The number of aromatic nitrogens is 2. The molecule has 0 spiro atoms. The molecule has 4 aromatic rings. The summed E-state index contributed by atoms with van der Waals surface area (Å²) in [5.74, 6) is -0.708. The molecule has 2 amide bonds. The molecule has 0 saturated carbocycles. The number of fused-ring (bicyclic) bond motifs is 1. The third-order valence-electron chi connectivity index (χ3n) is 6.68. The van der Waals surface area contributed by atoms with Crippen molar-refractivity contribution >= 4 is 23.2 Å². The summed E-state index contributed by atoms with van der Waals surface area (Å²) in [6.07, 6.45) is 1.79. The molecule has 1 aliphatic rings. The lowest BCUT2D eigenvalue weighted by Gasteiger charge is -2.31. The molecule has 6 nitrogen and oxygen atoms in total. The van der Waals surface area contributed by atoms with Crippen LogP contribution in [0.3, 0.4) is 0 Å². The van der Waals surface area contributed by atoms with E-state index in [4.69, 9.17) is 0 Å². The van der Waals surface area contributed by atoms with Gasteiger partial charge in [0.05, 0.1) is 17.8 Å². The van der Waals surface area contributed by atoms with Crippen molar-refractivity contribution in [2.24, 2.45) is 0 Å². The molecule has 3 aromatic carbocycles. The van der Waals surface area contributed by atoms with E-state index in [0.29, 0.717) is 17.8 Å². The number of benzene rings is 3. The first kappa shape index (κ1) is 23.5. The van der Waals surface area contributed by atoms with Crippen molar-refractivity contribution < 1.29 is 14.0 Å². The van der Waals surface area contributed by atoms with Crippen LogP contribution >= 0.6 is 0 Å². The van der Waals surface area contributed by atoms with Gasteiger partial charge in [-0.25, -0.2) is 9.07 Å². The Morgan fingerprint density at radius 3 is 2.47 bits per heavy atom. The minimum absolute atomic E-state index is 0.00299. The third-order valence-corrected chi connectivity index (χ3v) is 6.68. The van der Waals surface area contributed by atoms with Gasteiger partial charge < -0.3 is 10.2 Å². The molecule has 0 fully saturated rings. The highest BCUT2D eigenvalue weighted by Crippen LogP contribution is 2.34. The van der Waals surface area contributed by atoms with Gasteiger partial charge in [0.15, 0.2) is 0 Å². The van der Waals surface area contributed by atoms with Gasteiger partial charge in [-0.15, -0.1) is 0 Å². The molecular weight excluding hydrogens is 455 g/mol. The van der Waals surface area contributed by atoms with Crippen LogP contribution in [-0.4, -0.2) is 28.1 Å². The Labute approximate surface area is 209 Å². The summed E-state index contributed by atoms with van der Waals surface area (Å²) >= 11 is 0. The second kappa shape index (κ2) is 9.77. The van der Waals surface area contributed by atoms with Gasteiger partial charge in [0.2, 0.25) is 5.91 Å². The first-order valence-electron chi connectivity index (χ1n) is 12.0. The third kappa shape index (κ3) is 4.52. The number of nitrogens with one attached hydrogen (secondary N) is 1. The number of halogens is 1. The second-order valence-electron chi connectivity index (χ2n) is 8.99. The Morgan fingerprint density at radius 1 is 0.972 bits per heavy atom. The highest BCUT2D eigenvalue weighted by molar-refractivity contribution is 6.05. The minimum atomic E-state index is -0.391. The van der Waals surface area contributed by atoms with Gasteiger partial charge in [-0.3, -0.25) is 9.59 Å². The van der Waals surface area contributed by atoms with Crippen LogP contribution in [0, 0.1) is 19.7 Å². The first-order chi connectivity index (χ1) is 17.4. The summed E-state index contributed by atoms with van der Waals surface area (Å²) in [4.78, 5) is 28.1. The zero-order valence-corrected chi connectivity index (χ0v) is 20.3. The summed E-state index contributed by atoms with van der Waals surface area (Å²) in [7, 11) is 0. The van der Waals surface area contributed by atoms with E-state index in [1.54, 1.807) is 0 Å². The van der Waals surface area contributed by atoms with Crippen molar-refractivity contribution in [2.45, 2.75) is 33.1 Å². The Bertz CT molecular complexity index is 1430. The Balaban J connectivity index is 1.39. The quantitative estimate of drug-likeness (QED) is 0.414. The molecule has 5 rings (SSSR count). The minimum Gasteiger partial charge on any atom is -0.322 e. The lowest BCUT2D eigenvalue weighted by molar-refractivity contribution is -0.118. The van der Waals surface area contributed by atoms with Crippen LogP contribution in [0.15, 0.2) is 72.8 Å². The topological polar surface area (TPSA) is 67.2 Å². The lowest BCUT2D eigenvalue weighted by Crippen LogP contribution is -2.37. The maximum absolute atomic E-state index is 13.5. The molecule has 0 bridgehead atoms. The number of carbonyl (C=O) groups excluding carboxylic acids is 2. The molecule has 2 heterocycles. The number of rotatable bonds is 5. The molecule has 36 heavy (non-hydrogen) atoms. The smallest absolute Gasteiger partial charge is 0.255 e. The van der Waals surface area contributed by atoms with Crippen molar-refractivity contribution in [3.8, 4) is 5.69 Å². The van der Waals surface area contributed by atoms with Crippen LogP contribution in [0.5, 0.6) is 0 Å². The van der Waals surface area contributed by atoms with Crippen LogP contribution in [0.2, 0.25) is 0 Å². The van der Waals surface area contributed by atoms with Gasteiger partial charge in [0.1, 0.15) is 5.82 Å². The van der Waals surface area contributed by atoms with Crippen molar-refractivity contribution in [1.82, 2.24) is 9.78 Å². The molecule has 0 saturated heterocycles. The van der Waals surface area contributed by atoms with E-state index < -0.39 is 5.82 Å². The Morgan fingerprint density at radius 2 is 1.72 bits per heavy atom. The van der Waals surface area contributed by atoms with Gasteiger partial charge in [-0.2, -0.15) is 5.10 Å². The zero-order valence-electron chi connectivity index (χ0n) is 20.3. The standard InChI is InChI=1S/C29H27FN4O2/c1-19-25(20(2)34(32-19)23-8-4-3-5-9-23)18-28(35)33-17-7-10-24-26(11-6-12-27(24)33)31-29(36)21-13-15-22(30)16-14-21/h3-6,8-9,11-16H,7,10,17-18H2,1-2H3,(H,31,36). The van der Waals surface area contributed by atoms with E-state index in [1.807, 2.05) is 72.0 Å². The van der Waals surface area contributed by atoms with Crippen molar-refractivity contribution in [2.75, 3.05) is 16.8 Å². The number of nitrogens with zero attached hydrogens (tertiary/aromatic N) is 3. The highest BCUT2D eigenvalue weighted by Gasteiger charge is 2.27. The average Bonchev–Trinajstić information content (AvgIpc) is 3.17. The normalized spacial score (nSPS) is 12.8. The monoisotopic (exact) mass is 482 g/mol. The van der Waals surface area contributed by atoms with E-state index in [-0.39, 0.29) is 18.2 Å². The maximum Gasteiger partial charge on any atom is 0.255 e. The Hall–Kier alpha value is -4.26. The number of aryl methyl sites for hydroxylation is 1. The fourth-order valence-electron chi connectivity index (χ4n) is 4.79. The summed E-state index contributed by atoms with van der Waals surface area (Å²) in [6.45, 7) is 4.54. The first-order valence-corrected chi connectivity index (χ1v) is 12.0. The summed E-state index contributed by atoms with van der Waals surface area (Å²) in [5, 5.41) is 7.62. The predicted octanol–water partition coefficient (Wildman–Crippen LogP) is 5.40. The number of amides is 2. The number of carbonyl (C=O) groups is 2. The van der Waals surface area contributed by atoms with E-state index in [2.05, 4.69) is 10.4 Å². The van der Waals surface area contributed by atoms with Crippen LogP contribution in [0.4, 0.5) is 15.8 Å². The van der Waals surface area contributed by atoms with Gasteiger partial charge in [-0.05, 0) is 80.8 Å². The number of hydrogen-bond acceptors (Lipinski definition) is 3. The SMILES string of the molecule is Cc1nn(-c2ccccc2)c(C)c1CC(=O)N1CCCc2c(NC(=O)c3ccc(F)cc3)cccc21. The molecule has 1 aromatic heterocycles. The maximum atomic E-state index is 13.5. The second-order valence-corrected chi connectivity index (χ2v) is 8.99. The summed E-state index contributed by atoms with van der Waals surface area (Å²) in [6, 6.07) is 20.9. The van der Waals surface area contributed by atoms with E-state index in [9.17, 15) is 14.0 Å². The molecule has 7 heteroatoms. The van der Waals surface area contributed by atoms with Crippen LogP contribution in [-0.2, 0) is 17.6 Å². The molecule has 0 radical (unpaired) electrons. The molecule has 182 valence electrons. The largest absolute Gasteiger partial charge is 0.322 e. The van der Waals surface area contributed by atoms with Crippen molar-refractivity contribution in [3.05, 3.63) is 107 Å². The molecule has 0 unspecified atom stereocenters.